The van der Waals surface area contributed by atoms with E-state index in [9.17, 15) is 22.4 Å². The summed E-state index contributed by atoms with van der Waals surface area (Å²) in [6, 6.07) is 16.9. The predicted molar refractivity (Wildman–Crippen MR) is 130 cm³/mol. The van der Waals surface area contributed by atoms with Crippen molar-refractivity contribution >= 4 is 33.2 Å². The number of hydrogen-bond donors (Lipinski definition) is 3. The van der Waals surface area contributed by atoms with Crippen LogP contribution in [-0.4, -0.2) is 26.3 Å². The Morgan fingerprint density at radius 2 is 1.38 bits per heavy atom. The second kappa shape index (κ2) is 10.5. The van der Waals surface area contributed by atoms with Gasteiger partial charge in [-0.15, -0.1) is 0 Å². The van der Waals surface area contributed by atoms with Gasteiger partial charge in [-0.05, 0) is 73.5 Å². The number of carbonyl (C=O) groups is 2. The van der Waals surface area contributed by atoms with Crippen LogP contribution in [0, 0.1) is 18.7 Å². The maximum atomic E-state index is 13.1. The molecule has 0 aliphatic heterocycles. The van der Waals surface area contributed by atoms with Gasteiger partial charge in [0, 0.05) is 16.9 Å². The molecule has 7 nitrogen and oxygen atoms in total. The molecule has 3 rings (SSSR count). The largest absolute Gasteiger partial charge is 0.340 e. The van der Waals surface area contributed by atoms with Crippen LogP contribution in [0.25, 0.3) is 0 Å². The lowest BCUT2D eigenvalue weighted by Gasteiger charge is -2.22. The highest BCUT2D eigenvalue weighted by Gasteiger charge is 2.25. The van der Waals surface area contributed by atoms with Crippen molar-refractivity contribution in [2.75, 3.05) is 10.0 Å². The molecular weight excluding hydrogens is 457 g/mol. The third-order valence-corrected chi connectivity index (χ3v) is 6.48. The van der Waals surface area contributed by atoms with Gasteiger partial charge in [0.2, 0.25) is 5.91 Å². The van der Waals surface area contributed by atoms with Gasteiger partial charge in [0.1, 0.15) is 11.9 Å². The first kappa shape index (κ1) is 24.9. The summed E-state index contributed by atoms with van der Waals surface area (Å²) in [6.07, 6.45) is 0. The first-order valence-corrected chi connectivity index (χ1v) is 12.1. The highest BCUT2D eigenvalue weighted by atomic mass is 32.2. The number of halogens is 1. The van der Waals surface area contributed by atoms with Crippen LogP contribution in [0.2, 0.25) is 0 Å². The van der Waals surface area contributed by atoms with Crippen molar-refractivity contribution in [1.29, 1.82) is 0 Å². The fourth-order valence-corrected chi connectivity index (χ4v) is 4.19. The quantitative estimate of drug-likeness (QED) is 0.444. The molecule has 0 unspecified atom stereocenters. The SMILES string of the molecule is Cc1ccc(S(=O)(=O)Nc2ccc(NC(=O)[C@@H](NC(=O)c3ccc(F)cc3)C(C)C)cc2)cc1. The zero-order valence-corrected chi connectivity index (χ0v) is 19.8. The Hall–Kier alpha value is -3.72. The molecule has 0 aliphatic rings. The highest BCUT2D eigenvalue weighted by Crippen LogP contribution is 2.19. The zero-order valence-electron chi connectivity index (χ0n) is 19.0. The van der Waals surface area contributed by atoms with E-state index >= 15 is 0 Å². The minimum atomic E-state index is -3.74. The van der Waals surface area contributed by atoms with Gasteiger partial charge in [0.15, 0.2) is 0 Å². The second-order valence-electron chi connectivity index (χ2n) is 8.19. The topological polar surface area (TPSA) is 104 Å². The molecule has 0 aliphatic carbocycles. The summed E-state index contributed by atoms with van der Waals surface area (Å²) >= 11 is 0. The molecule has 0 radical (unpaired) electrons. The van der Waals surface area contributed by atoms with Gasteiger partial charge in [-0.25, -0.2) is 12.8 Å². The second-order valence-corrected chi connectivity index (χ2v) is 9.87. The number of nitrogens with one attached hydrogen (secondary N) is 3. The molecule has 0 heterocycles. The molecule has 1 atom stereocenters. The third kappa shape index (κ3) is 6.41. The fraction of sp³-hybridized carbons (Fsp3) is 0.200. The first-order chi connectivity index (χ1) is 16.0. The van der Waals surface area contributed by atoms with E-state index < -0.39 is 33.7 Å². The van der Waals surface area contributed by atoms with Crippen LogP contribution >= 0.6 is 0 Å². The van der Waals surface area contributed by atoms with Crippen molar-refractivity contribution in [2.24, 2.45) is 5.92 Å². The van der Waals surface area contributed by atoms with E-state index in [4.69, 9.17) is 0 Å². The van der Waals surface area contributed by atoms with Crippen LogP contribution < -0.4 is 15.4 Å². The molecule has 3 N–H and O–H groups in total. The van der Waals surface area contributed by atoms with Gasteiger partial charge >= 0.3 is 0 Å². The molecule has 0 saturated heterocycles. The number of carbonyl (C=O) groups excluding carboxylic acids is 2. The Labute approximate surface area is 198 Å². The van der Waals surface area contributed by atoms with Gasteiger partial charge in [-0.2, -0.15) is 0 Å². The standard InChI is InChI=1S/C25H26FN3O4S/c1-16(2)23(28-24(30)18-6-8-19(26)9-7-18)25(31)27-20-10-12-21(13-11-20)29-34(32,33)22-14-4-17(3)5-15-22/h4-16,23,29H,1-3H3,(H,27,31)(H,28,30)/t23-/m0/s1. The molecular formula is C25H26FN3O4S. The summed E-state index contributed by atoms with van der Waals surface area (Å²) in [5, 5.41) is 5.40. The Morgan fingerprint density at radius 1 is 0.824 bits per heavy atom. The van der Waals surface area contributed by atoms with Gasteiger partial charge in [-0.1, -0.05) is 31.5 Å². The number of hydrogen-bond acceptors (Lipinski definition) is 4. The Kier molecular flexibility index (Phi) is 7.68. The lowest BCUT2D eigenvalue weighted by molar-refractivity contribution is -0.118. The monoisotopic (exact) mass is 483 g/mol. The summed E-state index contributed by atoms with van der Waals surface area (Å²) < 4.78 is 40.7. The van der Waals surface area contributed by atoms with Crippen LogP contribution in [0.1, 0.15) is 29.8 Å². The van der Waals surface area contributed by atoms with E-state index in [0.29, 0.717) is 11.4 Å². The highest BCUT2D eigenvalue weighted by molar-refractivity contribution is 7.92. The minimum Gasteiger partial charge on any atom is -0.340 e. The van der Waals surface area contributed by atoms with Crippen LogP contribution in [0.5, 0.6) is 0 Å². The van der Waals surface area contributed by atoms with E-state index in [-0.39, 0.29) is 16.4 Å². The molecule has 3 aromatic carbocycles. The summed E-state index contributed by atoms with van der Waals surface area (Å²) in [4.78, 5) is 25.4. The summed E-state index contributed by atoms with van der Waals surface area (Å²) in [7, 11) is -3.74. The minimum absolute atomic E-state index is 0.146. The van der Waals surface area contributed by atoms with E-state index in [1.807, 2.05) is 6.92 Å². The Balaban J connectivity index is 1.65. The molecule has 2 amide bonds. The van der Waals surface area contributed by atoms with Crippen molar-refractivity contribution < 1.29 is 22.4 Å². The number of amides is 2. The number of sulfonamides is 1. The number of anilines is 2. The van der Waals surface area contributed by atoms with E-state index in [1.54, 1.807) is 38.1 Å². The van der Waals surface area contributed by atoms with Crippen LogP contribution in [0.4, 0.5) is 15.8 Å². The van der Waals surface area contributed by atoms with Crippen LogP contribution in [-0.2, 0) is 14.8 Å². The smallest absolute Gasteiger partial charge is 0.261 e. The molecule has 0 aromatic heterocycles. The van der Waals surface area contributed by atoms with Crippen molar-refractivity contribution in [2.45, 2.75) is 31.7 Å². The summed E-state index contributed by atoms with van der Waals surface area (Å²) in [5.74, 6) is -1.60. The van der Waals surface area contributed by atoms with E-state index in [1.165, 1.54) is 48.5 Å². The van der Waals surface area contributed by atoms with Gasteiger partial charge in [0.25, 0.3) is 15.9 Å². The van der Waals surface area contributed by atoms with Crippen molar-refractivity contribution in [3.8, 4) is 0 Å². The van der Waals surface area contributed by atoms with Crippen LogP contribution in [0.3, 0.4) is 0 Å². The lowest BCUT2D eigenvalue weighted by atomic mass is 10.0. The lowest BCUT2D eigenvalue weighted by Crippen LogP contribution is -2.47. The number of benzene rings is 3. The molecule has 0 saturated carbocycles. The molecule has 0 fully saturated rings. The zero-order chi connectivity index (χ0) is 24.9. The van der Waals surface area contributed by atoms with Crippen molar-refractivity contribution in [3.05, 3.63) is 89.7 Å². The van der Waals surface area contributed by atoms with E-state index in [0.717, 1.165) is 5.56 Å². The molecule has 3 aromatic rings. The average Bonchev–Trinajstić information content (AvgIpc) is 2.79. The van der Waals surface area contributed by atoms with Gasteiger partial charge in [-0.3, -0.25) is 14.3 Å². The molecule has 178 valence electrons. The van der Waals surface area contributed by atoms with Crippen LogP contribution in [0.15, 0.2) is 77.7 Å². The maximum absolute atomic E-state index is 13.1. The van der Waals surface area contributed by atoms with Gasteiger partial charge in [0.05, 0.1) is 4.90 Å². The molecule has 9 heteroatoms. The number of aryl methyl sites for hydroxylation is 1. The maximum Gasteiger partial charge on any atom is 0.261 e. The van der Waals surface area contributed by atoms with E-state index in [2.05, 4.69) is 15.4 Å². The molecule has 0 bridgehead atoms. The predicted octanol–water partition coefficient (Wildman–Crippen LogP) is 4.33. The summed E-state index contributed by atoms with van der Waals surface area (Å²) in [6.45, 7) is 5.45. The summed E-state index contributed by atoms with van der Waals surface area (Å²) in [5.41, 5.74) is 1.96. The average molecular weight is 484 g/mol. The Morgan fingerprint density at radius 3 is 1.94 bits per heavy atom. The normalized spacial score (nSPS) is 12.1. The first-order valence-electron chi connectivity index (χ1n) is 10.6. The van der Waals surface area contributed by atoms with Gasteiger partial charge < -0.3 is 10.6 Å². The third-order valence-electron chi connectivity index (χ3n) is 5.08. The van der Waals surface area contributed by atoms with Crippen molar-refractivity contribution in [1.82, 2.24) is 5.32 Å². The number of rotatable bonds is 8. The van der Waals surface area contributed by atoms with Crippen molar-refractivity contribution in [3.63, 3.8) is 0 Å². The Bertz CT molecular complexity index is 1260. The molecule has 34 heavy (non-hydrogen) atoms. The fourth-order valence-electron chi connectivity index (χ4n) is 3.13. The molecule has 0 spiro atoms.